The minimum atomic E-state index is 0.924. The number of hydrogen-bond acceptors (Lipinski definition) is 3. The van der Waals surface area contributed by atoms with E-state index in [1.54, 1.807) is 12.4 Å². The summed E-state index contributed by atoms with van der Waals surface area (Å²) in [4.78, 5) is 9.61. The van der Waals surface area contributed by atoms with E-state index in [2.05, 4.69) is 109 Å². The van der Waals surface area contributed by atoms with Gasteiger partial charge in [0.2, 0.25) is 0 Å². The largest absolute Gasteiger partial charge is 0.252 e. The van der Waals surface area contributed by atoms with Crippen LogP contribution in [0.5, 0.6) is 0 Å². The third-order valence-corrected chi connectivity index (χ3v) is 8.60. The van der Waals surface area contributed by atoms with Crippen LogP contribution < -0.4 is 0 Å². The molecule has 0 fully saturated rings. The maximum Gasteiger partial charge on any atom is 0.0971 e. The topological polar surface area (TPSA) is 25.8 Å². The van der Waals surface area contributed by atoms with Crippen LogP contribution in [0.15, 0.2) is 122 Å². The van der Waals surface area contributed by atoms with Crippen LogP contribution in [-0.4, -0.2) is 9.97 Å². The first kappa shape index (κ1) is 20.6. The van der Waals surface area contributed by atoms with Gasteiger partial charge in [-0.2, -0.15) is 0 Å². The maximum atomic E-state index is 4.82. The van der Waals surface area contributed by atoms with Crippen LogP contribution in [0.3, 0.4) is 0 Å². The van der Waals surface area contributed by atoms with Gasteiger partial charge in [-0.1, -0.05) is 97.1 Å². The Hall–Kier alpha value is -4.60. The average Bonchev–Trinajstić information content (AvgIpc) is 3.35. The highest BCUT2D eigenvalue weighted by Gasteiger charge is 2.23. The molecule has 0 saturated heterocycles. The van der Waals surface area contributed by atoms with E-state index in [0.717, 1.165) is 22.5 Å². The molecule has 0 atom stereocenters. The first-order chi connectivity index (χ1) is 18.4. The van der Waals surface area contributed by atoms with Gasteiger partial charge in [-0.05, 0) is 45.5 Å². The van der Waals surface area contributed by atoms with Gasteiger partial charge in [-0.15, -0.1) is 11.3 Å². The Bertz CT molecular complexity index is 1990. The molecular formula is C34H20N2S. The highest BCUT2D eigenvalue weighted by Crippen LogP contribution is 2.48. The van der Waals surface area contributed by atoms with E-state index in [4.69, 9.17) is 9.97 Å². The standard InChI is InChI=1S/C34H20N2S/c1-3-11-27-23(8-1)25-17-16-21(22-13-7-14-29-26-10-5-6-15-31(26)37-34(22)29)20-30(25)24-9-2-4-12-28(24)33-32(27)35-18-19-36-33/h1-20H. The zero-order valence-electron chi connectivity index (χ0n) is 19.8. The molecule has 0 bridgehead atoms. The third-order valence-electron chi connectivity index (χ3n) is 7.38. The molecule has 1 aliphatic rings. The van der Waals surface area contributed by atoms with E-state index < -0.39 is 0 Å². The Kier molecular flexibility index (Phi) is 4.42. The molecule has 0 unspecified atom stereocenters. The monoisotopic (exact) mass is 488 g/mol. The van der Waals surface area contributed by atoms with Gasteiger partial charge in [0, 0.05) is 43.7 Å². The van der Waals surface area contributed by atoms with E-state index in [-0.39, 0.29) is 0 Å². The number of benzene rings is 5. The van der Waals surface area contributed by atoms with Crippen LogP contribution in [-0.2, 0) is 0 Å². The molecule has 0 saturated carbocycles. The number of aromatic nitrogens is 2. The molecule has 0 aliphatic heterocycles. The second-order valence-electron chi connectivity index (χ2n) is 9.39. The molecule has 0 radical (unpaired) electrons. The number of hydrogen-bond donors (Lipinski definition) is 0. The van der Waals surface area contributed by atoms with Gasteiger partial charge >= 0.3 is 0 Å². The predicted molar refractivity (Wildman–Crippen MR) is 156 cm³/mol. The first-order valence-electron chi connectivity index (χ1n) is 12.4. The average molecular weight is 489 g/mol. The fourth-order valence-corrected chi connectivity index (χ4v) is 6.96. The zero-order valence-corrected chi connectivity index (χ0v) is 20.7. The Labute approximate surface area is 218 Å². The van der Waals surface area contributed by atoms with Crippen molar-refractivity contribution < 1.29 is 0 Å². The minimum Gasteiger partial charge on any atom is -0.252 e. The second-order valence-corrected chi connectivity index (χ2v) is 10.4. The van der Waals surface area contributed by atoms with Gasteiger partial charge < -0.3 is 0 Å². The molecule has 1 aliphatic carbocycles. The van der Waals surface area contributed by atoms with E-state index in [1.165, 1.54) is 53.6 Å². The van der Waals surface area contributed by atoms with Gasteiger partial charge in [0.1, 0.15) is 0 Å². The fourth-order valence-electron chi connectivity index (χ4n) is 5.73. The van der Waals surface area contributed by atoms with Crippen molar-refractivity contribution in [2.75, 3.05) is 0 Å². The van der Waals surface area contributed by atoms with E-state index >= 15 is 0 Å². The molecule has 3 heteroatoms. The van der Waals surface area contributed by atoms with Gasteiger partial charge in [0.05, 0.1) is 11.4 Å². The Morgan fingerprint density at radius 1 is 0.432 bits per heavy atom. The quantitative estimate of drug-likeness (QED) is 0.230. The lowest BCUT2D eigenvalue weighted by Crippen LogP contribution is -2.00. The van der Waals surface area contributed by atoms with Crippen LogP contribution >= 0.6 is 11.3 Å². The summed E-state index contributed by atoms with van der Waals surface area (Å²) in [5.74, 6) is 0. The normalized spacial score (nSPS) is 11.8. The summed E-state index contributed by atoms with van der Waals surface area (Å²) in [5.41, 5.74) is 11.4. The molecule has 0 spiro atoms. The van der Waals surface area contributed by atoms with Crippen molar-refractivity contribution in [1.29, 1.82) is 0 Å². The van der Waals surface area contributed by atoms with Crippen LogP contribution in [0.4, 0.5) is 0 Å². The fraction of sp³-hybridized carbons (Fsp3) is 0. The van der Waals surface area contributed by atoms with Crippen molar-refractivity contribution in [2.24, 2.45) is 0 Å². The molecule has 2 heterocycles. The molecule has 0 N–H and O–H groups in total. The second kappa shape index (κ2) is 7.95. The van der Waals surface area contributed by atoms with E-state index in [0.29, 0.717) is 0 Å². The molecule has 0 amide bonds. The summed E-state index contributed by atoms with van der Waals surface area (Å²) in [5, 5.41) is 2.64. The summed E-state index contributed by atoms with van der Waals surface area (Å²) >= 11 is 1.87. The highest BCUT2D eigenvalue weighted by atomic mass is 32.1. The van der Waals surface area contributed by atoms with E-state index in [1.807, 2.05) is 11.3 Å². The highest BCUT2D eigenvalue weighted by molar-refractivity contribution is 7.26. The molecule has 2 nitrogen and oxygen atoms in total. The van der Waals surface area contributed by atoms with Crippen molar-refractivity contribution in [2.45, 2.75) is 0 Å². The summed E-state index contributed by atoms with van der Waals surface area (Å²) in [6.45, 7) is 0. The lowest BCUT2D eigenvalue weighted by atomic mass is 9.83. The van der Waals surface area contributed by atoms with Crippen LogP contribution in [0.2, 0.25) is 0 Å². The number of thiophene rings is 1. The van der Waals surface area contributed by atoms with Crippen molar-refractivity contribution in [3.63, 3.8) is 0 Å². The summed E-state index contributed by atoms with van der Waals surface area (Å²) in [7, 11) is 0. The van der Waals surface area contributed by atoms with Crippen molar-refractivity contribution in [1.82, 2.24) is 9.97 Å². The van der Waals surface area contributed by atoms with Gasteiger partial charge in [-0.25, -0.2) is 0 Å². The number of rotatable bonds is 1. The predicted octanol–water partition coefficient (Wildman–Crippen LogP) is 9.49. The van der Waals surface area contributed by atoms with Gasteiger partial charge in [-0.3, -0.25) is 9.97 Å². The number of fused-ring (bicyclic) bond motifs is 11. The van der Waals surface area contributed by atoms with Crippen molar-refractivity contribution in [3.8, 4) is 55.9 Å². The third kappa shape index (κ3) is 3.05. The van der Waals surface area contributed by atoms with Crippen LogP contribution in [0.25, 0.3) is 76.1 Å². The van der Waals surface area contributed by atoms with Crippen LogP contribution in [0.1, 0.15) is 0 Å². The minimum absolute atomic E-state index is 0.924. The molecule has 2 aromatic heterocycles. The molecule has 7 aromatic rings. The van der Waals surface area contributed by atoms with Crippen molar-refractivity contribution >= 4 is 31.5 Å². The Morgan fingerprint density at radius 2 is 1.00 bits per heavy atom. The van der Waals surface area contributed by atoms with Gasteiger partial charge in [0.15, 0.2) is 0 Å². The number of nitrogens with zero attached hydrogens (tertiary/aromatic N) is 2. The Morgan fingerprint density at radius 3 is 1.76 bits per heavy atom. The molecule has 8 rings (SSSR count). The summed E-state index contributed by atoms with van der Waals surface area (Å²) in [6, 6.07) is 39.4. The van der Waals surface area contributed by atoms with Crippen LogP contribution in [0, 0.1) is 0 Å². The van der Waals surface area contributed by atoms with Crippen molar-refractivity contribution in [3.05, 3.63) is 122 Å². The molecule has 172 valence electrons. The smallest absolute Gasteiger partial charge is 0.0971 e. The lowest BCUT2D eigenvalue weighted by molar-refractivity contribution is 1.21. The first-order valence-corrected chi connectivity index (χ1v) is 13.2. The maximum absolute atomic E-state index is 4.82. The van der Waals surface area contributed by atoms with E-state index in [9.17, 15) is 0 Å². The SMILES string of the molecule is c1ccc2c(c1)-c1ccc(-c3cccc4c3sc3ccccc34)cc1-c1ccccc1-c1nccnc1-2. The zero-order chi connectivity index (χ0) is 24.3. The lowest BCUT2D eigenvalue weighted by Gasteiger charge is -2.22. The molecule has 5 aromatic carbocycles. The van der Waals surface area contributed by atoms with Gasteiger partial charge in [0.25, 0.3) is 0 Å². The Balaban J connectivity index is 1.45. The summed E-state index contributed by atoms with van der Waals surface area (Å²) < 4.78 is 2.66. The summed E-state index contributed by atoms with van der Waals surface area (Å²) in [6.07, 6.45) is 3.58. The molecular weight excluding hydrogens is 468 g/mol. The molecule has 37 heavy (non-hydrogen) atoms.